The number of aliphatic hydroxyl groups excluding tert-OH is 1. The van der Waals surface area contributed by atoms with Crippen LogP contribution in [0.5, 0.6) is 0 Å². The number of unbranched alkanes of at least 4 members (excludes halogenated alkanes) is 1. The topological polar surface area (TPSA) is 20.2 Å². The van der Waals surface area contributed by atoms with E-state index in [2.05, 4.69) is 27.7 Å². The molecule has 0 saturated heterocycles. The van der Waals surface area contributed by atoms with Crippen LogP contribution in [0.1, 0.15) is 19.3 Å². The van der Waals surface area contributed by atoms with E-state index in [-0.39, 0.29) is 0 Å². The van der Waals surface area contributed by atoms with Crippen LogP contribution in [0.15, 0.2) is 12.3 Å². The van der Waals surface area contributed by atoms with Crippen molar-refractivity contribution >= 4 is 0 Å². The summed E-state index contributed by atoms with van der Waals surface area (Å²) in [5.41, 5.74) is 1.22. The SMILES string of the molecule is C=C(CCCCO)[N+](C)(C)C. The zero-order valence-electron chi connectivity index (χ0n) is 7.93. The van der Waals surface area contributed by atoms with E-state index in [0.29, 0.717) is 6.61 Å². The maximum atomic E-state index is 8.55. The highest BCUT2D eigenvalue weighted by Gasteiger charge is 2.11. The molecule has 0 atom stereocenters. The molecule has 66 valence electrons. The number of aliphatic hydroxyl groups is 1. The van der Waals surface area contributed by atoms with Crippen molar-refractivity contribution in [2.75, 3.05) is 27.7 Å². The Labute approximate surface area is 69.7 Å². The van der Waals surface area contributed by atoms with Crippen molar-refractivity contribution < 1.29 is 9.59 Å². The number of nitrogens with zero attached hydrogens (tertiary/aromatic N) is 1. The molecule has 11 heavy (non-hydrogen) atoms. The van der Waals surface area contributed by atoms with Gasteiger partial charge in [-0.05, 0) is 19.4 Å². The number of rotatable bonds is 5. The van der Waals surface area contributed by atoms with Crippen LogP contribution in [0.4, 0.5) is 0 Å². The summed E-state index contributed by atoms with van der Waals surface area (Å²) in [5.74, 6) is 0. The smallest absolute Gasteiger partial charge is 0.101 e. The summed E-state index contributed by atoms with van der Waals surface area (Å²) in [7, 11) is 6.34. The van der Waals surface area contributed by atoms with Gasteiger partial charge in [0.05, 0.1) is 21.1 Å². The average Bonchev–Trinajstić information content (AvgIpc) is 1.86. The third kappa shape index (κ3) is 4.99. The molecule has 0 aromatic carbocycles. The molecule has 0 aliphatic heterocycles. The second-order valence-electron chi connectivity index (χ2n) is 3.76. The van der Waals surface area contributed by atoms with Gasteiger partial charge in [0.25, 0.3) is 0 Å². The molecule has 0 aromatic rings. The van der Waals surface area contributed by atoms with Gasteiger partial charge in [0.15, 0.2) is 0 Å². The number of hydrogen-bond donors (Lipinski definition) is 1. The zero-order valence-corrected chi connectivity index (χ0v) is 7.93. The molecule has 0 rings (SSSR count). The minimum absolute atomic E-state index is 0.296. The lowest BCUT2D eigenvalue weighted by Crippen LogP contribution is -2.32. The van der Waals surface area contributed by atoms with E-state index in [1.807, 2.05) is 0 Å². The molecule has 1 N–H and O–H groups in total. The van der Waals surface area contributed by atoms with E-state index in [9.17, 15) is 0 Å². The summed E-state index contributed by atoms with van der Waals surface area (Å²) in [6, 6.07) is 0. The third-order valence-corrected chi connectivity index (χ3v) is 1.82. The fourth-order valence-electron chi connectivity index (χ4n) is 0.776. The van der Waals surface area contributed by atoms with Crippen molar-refractivity contribution in [3.05, 3.63) is 12.3 Å². The molecule has 2 nitrogen and oxygen atoms in total. The Balaban J connectivity index is 3.54. The van der Waals surface area contributed by atoms with Crippen LogP contribution in [0, 0.1) is 0 Å². The minimum atomic E-state index is 0.296. The van der Waals surface area contributed by atoms with Gasteiger partial charge in [-0.2, -0.15) is 0 Å². The van der Waals surface area contributed by atoms with Crippen molar-refractivity contribution in [3.63, 3.8) is 0 Å². The van der Waals surface area contributed by atoms with Crippen molar-refractivity contribution in [1.29, 1.82) is 0 Å². The van der Waals surface area contributed by atoms with Crippen LogP contribution < -0.4 is 0 Å². The monoisotopic (exact) mass is 158 g/mol. The lowest BCUT2D eigenvalue weighted by molar-refractivity contribution is -0.832. The van der Waals surface area contributed by atoms with Gasteiger partial charge >= 0.3 is 0 Å². The van der Waals surface area contributed by atoms with Crippen LogP contribution in [0.3, 0.4) is 0 Å². The summed E-state index contributed by atoms with van der Waals surface area (Å²) in [6.07, 6.45) is 2.95. The normalized spacial score (nSPS) is 11.6. The van der Waals surface area contributed by atoms with Crippen molar-refractivity contribution in [3.8, 4) is 0 Å². The molecule has 0 saturated carbocycles. The van der Waals surface area contributed by atoms with Gasteiger partial charge in [-0.1, -0.05) is 0 Å². The first-order valence-electron chi connectivity index (χ1n) is 4.09. The first-order valence-corrected chi connectivity index (χ1v) is 4.09. The number of hydrogen-bond acceptors (Lipinski definition) is 1. The molecular weight excluding hydrogens is 138 g/mol. The summed E-state index contributed by atoms with van der Waals surface area (Å²) < 4.78 is 0.825. The first-order chi connectivity index (χ1) is 4.98. The molecule has 0 bridgehead atoms. The van der Waals surface area contributed by atoms with Crippen LogP contribution in [-0.2, 0) is 0 Å². The summed E-state index contributed by atoms with van der Waals surface area (Å²) in [6.45, 7) is 4.28. The lowest BCUT2D eigenvalue weighted by atomic mass is 10.2. The molecule has 0 spiro atoms. The van der Waals surface area contributed by atoms with E-state index in [1.165, 1.54) is 5.70 Å². The molecule has 0 amide bonds. The van der Waals surface area contributed by atoms with E-state index in [1.54, 1.807) is 0 Å². The zero-order chi connectivity index (χ0) is 8.91. The molecule has 0 aromatic heterocycles. The highest BCUT2D eigenvalue weighted by molar-refractivity contribution is 4.81. The molecule has 0 unspecified atom stereocenters. The number of quaternary nitrogens is 1. The van der Waals surface area contributed by atoms with Gasteiger partial charge in [-0.25, -0.2) is 0 Å². The largest absolute Gasteiger partial charge is 0.396 e. The quantitative estimate of drug-likeness (QED) is 0.473. The predicted molar refractivity (Wildman–Crippen MR) is 48.1 cm³/mol. The maximum absolute atomic E-state index is 8.55. The van der Waals surface area contributed by atoms with Gasteiger partial charge in [-0.3, -0.25) is 0 Å². The molecular formula is C9H20NO+. The Morgan fingerprint density at radius 1 is 1.27 bits per heavy atom. The first kappa shape index (κ1) is 10.7. The maximum Gasteiger partial charge on any atom is 0.101 e. The summed E-state index contributed by atoms with van der Waals surface area (Å²) >= 11 is 0. The molecule has 0 aliphatic carbocycles. The van der Waals surface area contributed by atoms with Gasteiger partial charge < -0.3 is 9.59 Å². The molecule has 0 fully saturated rings. The lowest BCUT2D eigenvalue weighted by Gasteiger charge is -2.25. The van der Waals surface area contributed by atoms with Crippen molar-refractivity contribution in [2.24, 2.45) is 0 Å². The van der Waals surface area contributed by atoms with Crippen LogP contribution >= 0.6 is 0 Å². The second kappa shape index (κ2) is 4.52. The van der Waals surface area contributed by atoms with Gasteiger partial charge in [-0.15, -0.1) is 0 Å². The van der Waals surface area contributed by atoms with E-state index < -0.39 is 0 Å². The second-order valence-corrected chi connectivity index (χ2v) is 3.76. The van der Waals surface area contributed by atoms with Gasteiger partial charge in [0.1, 0.15) is 5.70 Å². The summed E-state index contributed by atoms with van der Waals surface area (Å²) in [4.78, 5) is 0. The van der Waals surface area contributed by atoms with E-state index in [0.717, 1.165) is 23.7 Å². The van der Waals surface area contributed by atoms with Crippen LogP contribution in [0.2, 0.25) is 0 Å². The van der Waals surface area contributed by atoms with Crippen molar-refractivity contribution in [2.45, 2.75) is 19.3 Å². The third-order valence-electron chi connectivity index (χ3n) is 1.82. The highest BCUT2D eigenvalue weighted by atomic mass is 16.2. The molecule has 0 aliphatic rings. The Kier molecular flexibility index (Phi) is 4.38. The fourth-order valence-corrected chi connectivity index (χ4v) is 0.776. The molecule has 0 radical (unpaired) electrons. The Bertz CT molecular complexity index is 124. The molecule has 2 heteroatoms. The van der Waals surface area contributed by atoms with Crippen LogP contribution in [-0.4, -0.2) is 37.3 Å². The Morgan fingerprint density at radius 2 is 1.82 bits per heavy atom. The van der Waals surface area contributed by atoms with Gasteiger partial charge in [0, 0.05) is 13.0 Å². The highest BCUT2D eigenvalue weighted by Crippen LogP contribution is 2.12. The van der Waals surface area contributed by atoms with Gasteiger partial charge in [0.2, 0.25) is 0 Å². The summed E-state index contributed by atoms with van der Waals surface area (Å²) in [5, 5.41) is 8.55. The average molecular weight is 158 g/mol. The van der Waals surface area contributed by atoms with E-state index in [4.69, 9.17) is 5.11 Å². The Morgan fingerprint density at radius 3 is 2.18 bits per heavy atom. The Hall–Kier alpha value is -0.340. The molecule has 0 heterocycles. The van der Waals surface area contributed by atoms with Crippen LogP contribution in [0.25, 0.3) is 0 Å². The number of allylic oxidation sites excluding steroid dienone is 1. The minimum Gasteiger partial charge on any atom is -0.396 e. The predicted octanol–water partition coefficient (Wildman–Crippen LogP) is 1.37. The standard InChI is InChI=1S/C9H20NO/c1-9(10(2,3)4)7-5-6-8-11/h11H,1,5-8H2,2-4H3/q+1. The van der Waals surface area contributed by atoms with Crippen molar-refractivity contribution in [1.82, 2.24) is 0 Å². The fraction of sp³-hybridized carbons (Fsp3) is 0.778. The van der Waals surface area contributed by atoms with E-state index >= 15 is 0 Å².